The molecule has 1 amide bonds. The van der Waals surface area contributed by atoms with Gasteiger partial charge < -0.3 is 11.1 Å². The molecule has 3 aromatic carbocycles. The van der Waals surface area contributed by atoms with Crippen LogP contribution in [-0.4, -0.2) is 15.9 Å². The minimum absolute atomic E-state index is 0.227. The summed E-state index contributed by atoms with van der Waals surface area (Å²) < 4.78 is 0. The van der Waals surface area contributed by atoms with Crippen molar-refractivity contribution in [3.05, 3.63) is 107 Å². The number of carbonyl (C=O) groups excluding carboxylic acids is 1. The number of aromatic nitrogens is 2. The molecule has 0 atom stereocenters. The van der Waals surface area contributed by atoms with Gasteiger partial charge in [-0.1, -0.05) is 72.8 Å². The molecule has 0 aliphatic carbocycles. The molecular weight excluding hydrogens is 412 g/mol. The highest BCUT2D eigenvalue weighted by Crippen LogP contribution is 2.28. The number of nitrogens with two attached hydrogens (primary N) is 1. The SMILES string of the molecule is Cc1ccc(C)c(Nc2ncnc(NNC(=O)C(c3ccccc3)c3ccccc3)c2N)c1. The Kier molecular flexibility index (Phi) is 6.50. The fourth-order valence-corrected chi connectivity index (χ4v) is 3.57. The van der Waals surface area contributed by atoms with Crippen LogP contribution in [0.5, 0.6) is 0 Å². The highest BCUT2D eigenvalue weighted by atomic mass is 16.2. The second-order valence-corrected chi connectivity index (χ2v) is 7.80. The smallest absolute Gasteiger partial charge is 0.250 e. The van der Waals surface area contributed by atoms with Crippen LogP contribution in [0.25, 0.3) is 0 Å². The van der Waals surface area contributed by atoms with E-state index in [4.69, 9.17) is 5.73 Å². The average molecular weight is 439 g/mol. The van der Waals surface area contributed by atoms with E-state index in [1.54, 1.807) is 0 Å². The summed E-state index contributed by atoms with van der Waals surface area (Å²) in [6.45, 7) is 4.03. The van der Waals surface area contributed by atoms with E-state index in [1.165, 1.54) is 6.33 Å². The number of nitrogens with one attached hydrogen (secondary N) is 3. The lowest BCUT2D eigenvalue weighted by Crippen LogP contribution is -2.35. The molecule has 0 radical (unpaired) electrons. The number of hydrogen-bond acceptors (Lipinski definition) is 6. The number of amides is 1. The quantitative estimate of drug-likeness (QED) is 0.312. The zero-order valence-electron chi connectivity index (χ0n) is 18.5. The van der Waals surface area contributed by atoms with Gasteiger partial charge in [-0.15, -0.1) is 0 Å². The van der Waals surface area contributed by atoms with Crippen LogP contribution >= 0.6 is 0 Å². The zero-order chi connectivity index (χ0) is 23.2. The molecule has 0 saturated heterocycles. The van der Waals surface area contributed by atoms with Gasteiger partial charge in [0.15, 0.2) is 11.6 Å². The van der Waals surface area contributed by atoms with Gasteiger partial charge in [0.2, 0.25) is 5.91 Å². The van der Waals surface area contributed by atoms with Crippen molar-refractivity contribution in [2.75, 3.05) is 16.5 Å². The largest absolute Gasteiger partial charge is 0.393 e. The van der Waals surface area contributed by atoms with Crippen LogP contribution < -0.4 is 21.9 Å². The van der Waals surface area contributed by atoms with Crippen LogP contribution in [0, 0.1) is 13.8 Å². The fourth-order valence-electron chi connectivity index (χ4n) is 3.57. The minimum Gasteiger partial charge on any atom is -0.393 e. The highest BCUT2D eigenvalue weighted by molar-refractivity contribution is 5.89. The van der Waals surface area contributed by atoms with Gasteiger partial charge in [0.05, 0.1) is 5.92 Å². The Morgan fingerprint density at radius 3 is 2.09 bits per heavy atom. The normalized spacial score (nSPS) is 10.6. The molecule has 33 heavy (non-hydrogen) atoms. The van der Waals surface area contributed by atoms with Crippen LogP contribution in [0.4, 0.5) is 23.0 Å². The molecule has 7 nitrogen and oxygen atoms in total. The summed E-state index contributed by atoms with van der Waals surface area (Å²) in [6.07, 6.45) is 1.39. The molecule has 0 saturated carbocycles. The number of nitrogen functional groups attached to an aromatic ring is 1. The van der Waals surface area contributed by atoms with Crippen molar-refractivity contribution in [3.8, 4) is 0 Å². The molecule has 4 rings (SSSR count). The summed E-state index contributed by atoms with van der Waals surface area (Å²) in [5, 5.41) is 3.25. The monoisotopic (exact) mass is 438 g/mol. The van der Waals surface area contributed by atoms with E-state index in [2.05, 4.69) is 26.1 Å². The van der Waals surface area contributed by atoms with Crippen LogP contribution in [0.1, 0.15) is 28.2 Å². The van der Waals surface area contributed by atoms with Crippen LogP contribution in [-0.2, 0) is 4.79 Å². The molecule has 0 bridgehead atoms. The third-order valence-corrected chi connectivity index (χ3v) is 5.36. The Hall–Kier alpha value is -4.39. The predicted octanol–water partition coefficient (Wildman–Crippen LogP) is 4.69. The first-order valence-electron chi connectivity index (χ1n) is 10.6. The van der Waals surface area contributed by atoms with Crippen molar-refractivity contribution < 1.29 is 4.79 Å². The van der Waals surface area contributed by atoms with Gasteiger partial charge in [0.1, 0.15) is 12.0 Å². The first kappa shape index (κ1) is 21.8. The summed E-state index contributed by atoms with van der Waals surface area (Å²) >= 11 is 0. The van der Waals surface area contributed by atoms with Gasteiger partial charge >= 0.3 is 0 Å². The molecule has 0 spiro atoms. The predicted molar refractivity (Wildman–Crippen MR) is 132 cm³/mol. The third-order valence-electron chi connectivity index (χ3n) is 5.36. The van der Waals surface area contributed by atoms with Gasteiger partial charge in [-0.2, -0.15) is 0 Å². The Labute approximate surface area is 193 Å². The molecule has 0 fully saturated rings. The maximum Gasteiger partial charge on any atom is 0.250 e. The van der Waals surface area contributed by atoms with E-state index in [0.29, 0.717) is 17.3 Å². The molecule has 0 aliphatic heterocycles. The first-order valence-corrected chi connectivity index (χ1v) is 10.6. The van der Waals surface area contributed by atoms with Gasteiger partial charge in [0, 0.05) is 5.69 Å². The van der Waals surface area contributed by atoms with Crippen molar-refractivity contribution in [2.24, 2.45) is 0 Å². The zero-order valence-corrected chi connectivity index (χ0v) is 18.5. The fraction of sp³-hybridized carbons (Fsp3) is 0.115. The van der Waals surface area contributed by atoms with E-state index >= 15 is 0 Å². The van der Waals surface area contributed by atoms with Gasteiger partial charge in [0.25, 0.3) is 0 Å². The maximum atomic E-state index is 13.2. The summed E-state index contributed by atoms with van der Waals surface area (Å²) in [4.78, 5) is 21.7. The summed E-state index contributed by atoms with van der Waals surface area (Å²) in [7, 11) is 0. The van der Waals surface area contributed by atoms with Crippen molar-refractivity contribution in [2.45, 2.75) is 19.8 Å². The Balaban J connectivity index is 1.54. The van der Waals surface area contributed by atoms with Crippen LogP contribution in [0.15, 0.2) is 85.2 Å². The lowest BCUT2D eigenvalue weighted by molar-refractivity contribution is -0.121. The summed E-state index contributed by atoms with van der Waals surface area (Å²) in [5.74, 6) is 0.0501. The van der Waals surface area contributed by atoms with Crippen molar-refractivity contribution >= 4 is 28.9 Å². The Bertz CT molecular complexity index is 1200. The number of anilines is 4. The lowest BCUT2D eigenvalue weighted by Gasteiger charge is -2.19. The molecule has 0 unspecified atom stereocenters. The number of aryl methyl sites for hydroxylation is 2. The average Bonchev–Trinajstić information content (AvgIpc) is 2.83. The summed E-state index contributed by atoms with van der Waals surface area (Å²) in [6, 6.07) is 25.3. The molecule has 1 aromatic heterocycles. The number of hydrazine groups is 1. The van der Waals surface area contributed by atoms with E-state index in [9.17, 15) is 4.79 Å². The van der Waals surface area contributed by atoms with Crippen LogP contribution in [0.3, 0.4) is 0 Å². The van der Waals surface area contributed by atoms with Gasteiger partial charge in [-0.05, 0) is 42.2 Å². The van der Waals surface area contributed by atoms with Gasteiger partial charge in [-0.3, -0.25) is 15.6 Å². The molecule has 5 N–H and O–H groups in total. The number of hydrogen-bond donors (Lipinski definition) is 4. The third kappa shape index (κ3) is 5.10. The van der Waals surface area contributed by atoms with E-state index in [-0.39, 0.29) is 5.91 Å². The second-order valence-electron chi connectivity index (χ2n) is 7.80. The van der Waals surface area contributed by atoms with E-state index in [0.717, 1.165) is 27.9 Å². The standard InChI is InChI=1S/C26H26N6O/c1-17-13-14-18(2)21(15-17)30-24-23(27)25(29-16-28-24)31-32-26(33)22(19-9-5-3-6-10-19)20-11-7-4-8-12-20/h3-16,22H,27H2,1-2H3,(H,32,33)(H2,28,29,30,31). The van der Waals surface area contributed by atoms with E-state index in [1.807, 2.05) is 92.7 Å². The molecule has 166 valence electrons. The molecular formula is C26H26N6O. The molecule has 1 heterocycles. The second kappa shape index (κ2) is 9.82. The Morgan fingerprint density at radius 1 is 0.848 bits per heavy atom. The Morgan fingerprint density at radius 2 is 1.45 bits per heavy atom. The molecule has 0 aliphatic rings. The van der Waals surface area contributed by atoms with Crippen molar-refractivity contribution in [1.82, 2.24) is 15.4 Å². The summed E-state index contributed by atoms with van der Waals surface area (Å²) in [5.41, 5.74) is 17.1. The van der Waals surface area contributed by atoms with E-state index < -0.39 is 5.92 Å². The van der Waals surface area contributed by atoms with Crippen LogP contribution in [0.2, 0.25) is 0 Å². The number of rotatable bonds is 7. The first-order chi connectivity index (χ1) is 16.0. The van der Waals surface area contributed by atoms with Gasteiger partial charge in [-0.25, -0.2) is 9.97 Å². The highest BCUT2D eigenvalue weighted by Gasteiger charge is 2.23. The minimum atomic E-state index is -0.490. The molecule has 7 heteroatoms. The number of nitrogens with zero attached hydrogens (tertiary/aromatic N) is 2. The van der Waals surface area contributed by atoms with Crippen molar-refractivity contribution in [1.29, 1.82) is 0 Å². The lowest BCUT2D eigenvalue weighted by atomic mass is 9.91. The number of carbonyl (C=O) groups is 1. The maximum absolute atomic E-state index is 13.2. The topological polar surface area (TPSA) is 105 Å². The molecule has 4 aromatic rings. The van der Waals surface area contributed by atoms with Crippen molar-refractivity contribution in [3.63, 3.8) is 0 Å². The number of benzene rings is 3.